The first-order valence-corrected chi connectivity index (χ1v) is 6.91. The number of nitrogens with zero attached hydrogens (tertiary/aromatic N) is 4. The number of benzene rings is 1. The van der Waals surface area contributed by atoms with Crippen molar-refractivity contribution in [1.29, 1.82) is 0 Å². The number of hydrogen-bond donors (Lipinski definition) is 1. The fourth-order valence-electron chi connectivity index (χ4n) is 2.11. The number of hydrogen-bond acceptors (Lipinski definition) is 5. The molecule has 2 heterocycles. The zero-order valence-electron chi connectivity index (χ0n) is 12.5. The van der Waals surface area contributed by atoms with Crippen LogP contribution in [0.2, 0.25) is 0 Å². The van der Waals surface area contributed by atoms with Crippen LogP contribution in [-0.2, 0) is 11.2 Å². The molecule has 0 radical (unpaired) electrons. The van der Waals surface area contributed by atoms with Gasteiger partial charge in [-0.1, -0.05) is 0 Å². The molecular formula is C15H17N5O2. The summed E-state index contributed by atoms with van der Waals surface area (Å²) in [6.07, 6.45) is 2.35. The summed E-state index contributed by atoms with van der Waals surface area (Å²) in [6.45, 7) is 0.578. The Labute approximate surface area is 127 Å². The van der Waals surface area contributed by atoms with Crippen LogP contribution in [0.3, 0.4) is 0 Å². The molecule has 0 atom stereocenters. The first kappa shape index (κ1) is 14.3. The zero-order valence-corrected chi connectivity index (χ0v) is 12.5. The minimum atomic E-state index is 0.578. The highest BCUT2D eigenvalue weighted by molar-refractivity contribution is 5.53. The first-order chi connectivity index (χ1) is 10.8. The van der Waals surface area contributed by atoms with Crippen LogP contribution < -0.4 is 4.74 Å². The molecule has 0 spiro atoms. The summed E-state index contributed by atoms with van der Waals surface area (Å²) in [5.41, 5.74) is 1.72. The van der Waals surface area contributed by atoms with E-state index in [0.29, 0.717) is 18.9 Å². The van der Waals surface area contributed by atoms with Crippen LogP contribution in [0.4, 0.5) is 0 Å². The van der Waals surface area contributed by atoms with E-state index in [0.717, 1.165) is 23.0 Å². The van der Waals surface area contributed by atoms with Gasteiger partial charge in [-0.05, 0) is 30.3 Å². The Balaban J connectivity index is 2.01. The number of nitrogens with one attached hydrogen (secondary N) is 1. The van der Waals surface area contributed by atoms with Crippen LogP contribution in [-0.4, -0.2) is 45.8 Å². The second-order valence-electron chi connectivity index (χ2n) is 4.67. The van der Waals surface area contributed by atoms with E-state index < -0.39 is 0 Å². The predicted octanol–water partition coefficient (Wildman–Crippen LogP) is 1.85. The van der Waals surface area contributed by atoms with E-state index >= 15 is 0 Å². The Morgan fingerprint density at radius 2 is 1.95 bits per heavy atom. The highest BCUT2D eigenvalue weighted by atomic mass is 16.5. The lowest BCUT2D eigenvalue weighted by atomic mass is 10.3. The molecular weight excluding hydrogens is 282 g/mol. The Hall–Kier alpha value is -2.67. The smallest absolute Gasteiger partial charge is 0.181 e. The van der Waals surface area contributed by atoms with Gasteiger partial charge in [-0.25, -0.2) is 9.67 Å². The molecule has 0 aliphatic carbocycles. The molecule has 0 aliphatic rings. The van der Waals surface area contributed by atoms with Gasteiger partial charge in [0.05, 0.1) is 19.4 Å². The first-order valence-electron chi connectivity index (χ1n) is 6.91. The number of methoxy groups -OCH3 is 2. The Morgan fingerprint density at radius 3 is 2.59 bits per heavy atom. The van der Waals surface area contributed by atoms with Crippen LogP contribution >= 0.6 is 0 Å². The minimum absolute atomic E-state index is 0.578. The van der Waals surface area contributed by atoms with Gasteiger partial charge in [-0.15, -0.1) is 0 Å². The van der Waals surface area contributed by atoms with E-state index in [4.69, 9.17) is 9.47 Å². The molecule has 2 aromatic heterocycles. The Bertz CT molecular complexity index is 719. The van der Waals surface area contributed by atoms with E-state index in [-0.39, 0.29) is 0 Å². The number of rotatable bonds is 6. The van der Waals surface area contributed by atoms with Crippen LogP contribution in [0, 0.1) is 0 Å². The fourth-order valence-corrected chi connectivity index (χ4v) is 2.11. The average Bonchev–Trinajstić information content (AvgIpc) is 3.22. The second-order valence-corrected chi connectivity index (χ2v) is 4.67. The van der Waals surface area contributed by atoms with Crippen LogP contribution in [0.25, 0.3) is 17.2 Å². The van der Waals surface area contributed by atoms with Gasteiger partial charge in [-0.2, -0.15) is 10.2 Å². The molecule has 0 aliphatic heterocycles. The van der Waals surface area contributed by atoms with Crippen molar-refractivity contribution in [1.82, 2.24) is 25.0 Å². The summed E-state index contributed by atoms with van der Waals surface area (Å²) >= 11 is 0. The van der Waals surface area contributed by atoms with Gasteiger partial charge in [-0.3, -0.25) is 5.10 Å². The quantitative estimate of drug-likeness (QED) is 0.751. The van der Waals surface area contributed by atoms with Crippen LogP contribution in [0.1, 0.15) is 5.82 Å². The molecule has 7 nitrogen and oxygen atoms in total. The van der Waals surface area contributed by atoms with E-state index in [1.807, 2.05) is 30.3 Å². The lowest BCUT2D eigenvalue weighted by Gasteiger charge is -2.05. The zero-order chi connectivity index (χ0) is 15.4. The summed E-state index contributed by atoms with van der Waals surface area (Å²) in [7, 11) is 3.31. The molecule has 0 bridgehead atoms. The topological polar surface area (TPSA) is 77.9 Å². The summed E-state index contributed by atoms with van der Waals surface area (Å²) in [6, 6.07) is 9.52. The largest absolute Gasteiger partial charge is 0.497 e. The highest BCUT2D eigenvalue weighted by Crippen LogP contribution is 2.21. The summed E-state index contributed by atoms with van der Waals surface area (Å²) in [5, 5.41) is 11.5. The standard InChI is InChI=1S/C15H17N5O2/c1-21-10-8-14-17-15(13-7-9-16-18-13)20(19-14)11-3-5-12(22-2)6-4-11/h3-7,9H,8,10H2,1-2H3,(H,16,18). The van der Waals surface area contributed by atoms with Gasteiger partial charge in [0.15, 0.2) is 11.6 Å². The van der Waals surface area contributed by atoms with Crippen molar-refractivity contribution in [3.05, 3.63) is 42.4 Å². The summed E-state index contributed by atoms with van der Waals surface area (Å²) < 4.78 is 12.1. The predicted molar refractivity (Wildman–Crippen MR) is 81.1 cm³/mol. The number of H-pyrrole nitrogens is 1. The maximum Gasteiger partial charge on any atom is 0.181 e. The molecule has 0 amide bonds. The Morgan fingerprint density at radius 1 is 1.14 bits per heavy atom. The summed E-state index contributed by atoms with van der Waals surface area (Å²) in [5.74, 6) is 2.24. The van der Waals surface area contributed by atoms with E-state index in [2.05, 4.69) is 20.3 Å². The normalized spacial score (nSPS) is 10.8. The van der Waals surface area contributed by atoms with Crippen molar-refractivity contribution in [3.8, 4) is 23.0 Å². The Kier molecular flexibility index (Phi) is 4.15. The molecule has 7 heteroatoms. The third-order valence-electron chi connectivity index (χ3n) is 3.24. The number of aromatic nitrogens is 5. The maximum atomic E-state index is 5.19. The van der Waals surface area contributed by atoms with Crippen LogP contribution in [0.15, 0.2) is 36.5 Å². The molecule has 3 aromatic rings. The van der Waals surface area contributed by atoms with E-state index in [1.54, 1.807) is 25.1 Å². The molecule has 0 saturated heterocycles. The molecule has 22 heavy (non-hydrogen) atoms. The van der Waals surface area contributed by atoms with Crippen molar-refractivity contribution in [2.24, 2.45) is 0 Å². The van der Waals surface area contributed by atoms with Crippen LogP contribution in [0.5, 0.6) is 5.75 Å². The van der Waals surface area contributed by atoms with Gasteiger partial charge in [0.25, 0.3) is 0 Å². The molecule has 0 unspecified atom stereocenters. The lowest BCUT2D eigenvalue weighted by molar-refractivity contribution is 0.200. The van der Waals surface area contributed by atoms with Gasteiger partial charge in [0, 0.05) is 19.7 Å². The third kappa shape index (κ3) is 2.84. The van der Waals surface area contributed by atoms with Crippen molar-refractivity contribution in [3.63, 3.8) is 0 Å². The lowest BCUT2D eigenvalue weighted by Crippen LogP contribution is -2.01. The van der Waals surface area contributed by atoms with Crippen molar-refractivity contribution in [2.75, 3.05) is 20.8 Å². The van der Waals surface area contributed by atoms with Gasteiger partial charge in [0.2, 0.25) is 0 Å². The summed E-state index contributed by atoms with van der Waals surface area (Å²) in [4.78, 5) is 4.58. The van der Waals surface area contributed by atoms with Gasteiger partial charge in [0.1, 0.15) is 11.4 Å². The van der Waals surface area contributed by atoms with E-state index in [1.165, 1.54) is 0 Å². The van der Waals surface area contributed by atoms with Gasteiger partial charge < -0.3 is 9.47 Å². The van der Waals surface area contributed by atoms with Crippen molar-refractivity contribution < 1.29 is 9.47 Å². The SMILES string of the molecule is COCCc1nc(-c2ccn[nH]2)n(-c2ccc(OC)cc2)n1. The van der Waals surface area contributed by atoms with E-state index in [9.17, 15) is 0 Å². The molecule has 0 saturated carbocycles. The highest BCUT2D eigenvalue weighted by Gasteiger charge is 2.14. The average molecular weight is 299 g/mol. The number of aromatic amines is 1. The molecule has 114 valence electrons. The van der Waals surface area contributed by atoms with Gasteiger partial charge >= 0.3 is 0 Å². The fraction of sp³-hybridized carbons (Fsp3) is 0.267. The molecule has 0 fully saturated rings. The monoisotopic (exact) mass is 299 g/mol. The molecule has 3 rings (SSSR count). The van der Waals surface area contributed by atoms with Crippen molar-refractivity contribution >= 4 is 0 Å². The molecule has 1 N–H and O–H groups in total. The maximum absolute atomic E-state index is 5.19. The van der Waals surface area contributed by atoms with Crippen molar-refractivity contribution in [2.45, 2.75) is 6.42 Å². The minimum Gasteiger partial charge on any atom is -0.497 e. The third-order valence-corrected chi connectivity index (χ3v) is 3.24. The number of ether oxygens (including phenoxy) is 2. The molecule has 1 aromatic carbocycles. The second kappa shape index (κ2) is 6.40.